The molecule has 1 aromatic rings. The van der Waals surface area contributed by atoms with Crippen LogP contribution in [0.5, 0.6) is 5.75 Å². The number of nitrogens with zero attached hydrogens (tertiary/aromatic N) is 1. The number of hydrogen-bond acceptors (Lipinski definition) is 3. The van der Waals surface area contributed by atoms with Gasteiger partial charge in [-0.3, -0.25) is 4.79 Å². The lowest BCUT2D eigenvalue weighted by Gasteiger charge is -2.22. The zero-order valence-corrected chi connectivity index (χ0v) is 13.2. The topological polar surface area (TPSA) is 41.6 Å². The first-order chi connectivity index (χ1) is 10.2. The number of nitrogens with one attached hydrogen (secondary N) is 1. The largest absolute Gasteiger partial charge is 0.496 e. The summed E-state index contributed by atoms with van der Waals surface area (Å²) in [5.41, 5.74) is 2.33. The molecule has 0 unspecified atom stereocenters. The summed E-state index contributed by atoms with van der Waals surface area (Å²) in [6.07, 6.45) is 3.96. The van der Waals surface area contributed by atoms with Crippen LogP contribution in [0.2, 0.25) is 0 Å². The van der Waals surface area contributed by atoms with Crippen LogP contribution in [0, 0.1) is 0 Å². The van der Waals surface area contributed by atoms with Crippen LogP contribution in [0.4, 0.5) is 0 Å². The van der Waals surface area contributed by atoms with E-state index in [4.69, 9.17) is 4.74 Å². The van der Waals surface area contributed by atoms with Crippen LogP contribution in [-0.2, 0) is 17.9 Å². The molecule has 0 aliphatic carbocycles. The molecule has 1 amide bonds. The van der Waals surface area contributed by atoms with E-state index in [1.807, 2.05) is 11.0 Å². The van der Waals surface area contributed by atoms with E-state index in [2.05, 4.69) is 24.4 Å². The molecule has 0 atom stereocenters. The van der Waals surface area contributed by atoms with Crippen LogP contribution in [0.1, 0.15) is 43.7 Å². The fourth-order valence-corrected chi connectivity index (χ4v) is 2.75. The van der Waals surface area contributed by atoms with Gasteiger partial charge in [0.15, 0.2) is 0 Å². The molecule has 116 valence electrons. The Balaban J connectivity index is 2.13. The van der Waals surface area contributed by atoms with Crippen LogP contribution < -0.4 is 10.1 Å². The zero-order valence-electron chi connectivity index (χ0n) is 13.2. The highest BCUT2D eigenvalue weighted by Crippen LogP contribution is 2.23. The average molecular weight is 290 g/mol. The Labute approximate surface area is 127 Å². The van der Waals surface area contributed by atoms with Gasteiger partial charge >= 0.3 is 0 Å². The second-order valence-electron chi connectivity index (χ2n) is 5.55. The molecule has 4 heteroatoms. The first-order valence-corrected chi connectivity index (χ1v) is 7.89. The molecule has 1 heterocycles. The van der Waals surface area contributed by atoms with Gasteiger partial charge in [0.05, 0.1) is 7.11 Å². The number of rotatable bonds is 6. The molecule has 1 aromatic carbocycles. The number of benzene rings is 1. The molecule has 4 nitrogen and oxygen atoms in total. The van der Waals surface area contributed by atoms with Crippen molar-refractivity contribution in [2.45, 2.75) is 45.7 Å². The molecule has 2 rings (SSSR count). The number of likely N-dealkylation sites (tertiary alicyclic amines) is 1. The molecular formula is C17H26N2O2. The van der Waals surface area contributed by atoms with Crippen molar-refractivity contribution in [3.63, 3.8) is 0 Å². The van der Waals surface area contributed by atoms with Crippen LogP contribution in [0.3, 0.4) is 0 Å². The van der Waals surface area contributed by atoms with E-state index >= 15 is 0 Å². The molecule has 1 N–H and O–H groups in total. The highest BCUT2D eigenvalue weighted by Gasteiger charge is 2.18. The lowest BCUT2D eigenvalue weighted by Crippen LogP contribution is -2.30. The van der Waals surface area contributed by atoms with Crippen LogP contribution in [0.15, 0.2) is 18.2 Å². The van der Waals surface area contributed by atoms with Gasteiger partial charge in [0.25, 0.3) is 0 Å². The van der Waals surface area contributed by atoms with E-state index < -0.39 is 0 Å². The summed E-state index contributed by atoms with van der Waals surface area (Å²) < 4.78 is 5.45. The maximum Gasteiger partial charge on any atom is 0.222 e. The minimum Gasteiger partial charge on any atom is -0.496 e. The van der Waals surface area contributed by atoms with E-state index in [1.54, 1.807) is 7.11 Å². The van der Waals surface area contributed by atoms with E-state index in [0.717, 1.165) is 50.2 Å². The van der Waals surface area contributed by atoms with Crippen molar-refractivity contribution < 1.29 is 9.53 Å². The lowest BCUT2D eigenvalue weighted by molar-refractivity contribution is -0.131. The molecule has 21 heavy (non-hydrogen) atoms. The second kappa shape index (κ2) is 8.03. The van der Waals surface area contributed by atoms with Crippen molar-refractivity contribution in [2.75, 3.05) is 20.2 Å². The van der Waals surface area contributed by atoms with Gasteiger partial charge in [-0.15, -0.1) is 0 Å². The summed E-state index contributed by atoms with van der Waals surface area (Å²) in [7, 11) is 1.69. The van der Waals surface area contributed by atoms with E-state index in [1.165, 1.54) is 5.56 Å². The summed E-state index contributed by atoms with van der Waals surface area (Å²) in [5, 5.41) is 3.33. The Morgan fingerprint density at radius 1 is 1.29 bits per heavy atom. The zero-order chi connectivity index (χ0) is 15.1. The average Bonchev–Trinajstić information content (AvgIpc) is 2.70. The lowest BCUT2D eigenvalue weighted by atomic mass is 10.1. The van der Waals surface area contributed by atoms with Gasteiger partial charge in [0.2, 0.25) is 5.91 Å². The third-order valence-electron chi connectivity index (χ3n) is 3.96. The van der Waals surface area contributed by atoms with Gasteiger partial charge in [0.1, 0.15) is 5.75 Å². The fraction of sp³-hybridized carbons (Fsp3) is 0.588. The molecule has 1 fully saturated rings. The summed E-state index contributed by atoms with van der Waals surface area (Å²) in [6.45, 7) is 5.41. The number of amides is 1. The highest BCUT2D eigenvalue weighted by atomic mass is 16.5. The van der Waals surface area contributed by atoms with Crippen LogP contribution in [-0.4, -0.2) is 31.0 Å². The molecular weight excluding hydrogens is 264 g/mol. The van der Waals surface area contributed by atoms with Crippen molar-refractivity contribution >= 4 is 5.91 Å². The van der Waals surface area contributed by atoms with Gasteiger partial charge in [-0.05, 0) is 37.1 Å². The van der Waals surface area contributed by atoms with E-state index in [9.17, 15) is 4.79 Å². The third-order valence-corrected chi connectivity index (χ3v) is 3.96. The monoisotopic (exact) mass is 290 g/mol. The summed E-state index contributed by atoms with van der Waals surface area (Å²) in [6, 6.07) is 6.24. The Hall–Kier alpha value is -1.55. The molecule has 1 aliphatic heterocycles. The van der Waals surface area contributed by atoms with Crippen LogP contribution in [0.25, 0.3) is 0 Å². The number of carbonyl (C=O) groups excluding carboxylic acids is 1. The SMILES string of the molecule is CCNCc1ccc(OC)c(CN2CCCCCC2=O)c1. The molecule has 0 saturated carbocycles. The summed E-state index contributed by atoms with van der Waals surface area (Å²) in [5.74, 6) is 1.14. The Morgan fingerprint density at radius 2 is 2.14 bits per heavy atom. The van der Waals surface area contributed by atoms with Crippen molar-refractivity contribution in [1.82, 2.24) is 10.2 Å². The van der Waals surface area contributed by atoms with Gasteiger partial charge < -0.3 is 15.0 Å². The third kappa shape index (κ3) is 4.46. The standard InChI is InChI=1S/C17H26N2O2/c1-3-18-12-14-8-9-16(21-2)15(11-14)13-19-10-6-4-5-7-17(19)20/h8-9,11,18H,3-7,10,12-13H2,1-2H3. The number of methoxy groups -OCH3 is 1. The van der Waals surface area contributed by atoms with Crippen molar-refractivity contribution in [2.24, 2.45) is 0 Å². The Kier molecular flexibility index (Phi) is 6.05. The minimum atomic E-state index is 0.270. The molecule has 0 aromatic heterocycles. The predicted molar refractivity (Wildman–Crippen MR) is 84.3 cm³/mol. The maximum atomic E-state index is 12.1. The normalized spacial score (nSPS) is 15.9. The Morgan fingerprint density at radius 3 is 2.90 bits per heavy atom. The number of hydrogen-bond donors (Lipinski definition) is 1. The molecule has 0 spiro atoms. The van der Waals surface area contributed by atoms with Crippen molar-refractivity contribution in [3.05, 3.63) is 29.3 Å². The van der Waals surface area contributed by atoms with Crippen LogP contribution >= 0.6 is 0 Å². The first-order valence-electron chi connectivity index (χ1n) is 7.89. The van der Waals surface area contributed by atoms with E-state index in [0.29, 0.717) is 13.0 Å². The second-order valence-corrected chi connectivity index (χ2v) is 5.55. The smallest absolute Gasteiger partial charge is 0.222 e. The molecule has 1 aliphatic rings. The van der Waals surface area contributed by atoms with E-state index in [-0.39, 0.29) is 5.91 Å². The maximum absolute atomic E-state index is 12.1. The highest BCUT2D eigenvalue weighted by molar-refractivity contribution is 5.76. The van der Waals surface area contributed by atoms with Gasteiger partial charge in [-0.1, -0.05) is 19.4 Å². The van der Waals surface area contributed by atoms with Gasteiger partial charge in [0, 0.05) is 31.6 Å². The minimum absolute atomic E-state index is 0.270. The summed E-state index contributed by atoms with van der Waals surface area (Å²) in [4.78, 5) is 14.1. The number of ether oxygens (including phenoxy) is 1. The number of carbonyl (C=O) groups is 1. The quantitative estimate of drug-likeness (QED) is 0.876. The summed E-state index contributed by atoms with van der Waals surface area (Å²) >= 11 is 0. The molecule has 0 bridgehead atoms. The Bertz CT molecular complexity index is 474. The fourth-order valence-electron chi connectivity index (χ4n) is 2.75. The van der Waals surface area contributed by atoms with Crippen molar-refractivity contribution in [3.8, 4) is 5.75 Å². The molecule has 1 saturated heterocycles. The van der Waals surface area contributed by atoms with Gasteiger partial charge in [-0.2, -0.15) is 0 Å². The van der Waals surface area contributed by atoms with Crippen molar-refractivity contribution in [1.29, 1.82) is 0 Å². The first kappa shape index (κ1) is 15.8. The molecule has 0 radical (unpaired) electrons. The van der Waals surface area contributed by atoms with Gasteiger partial charge in [-0.25, -0.2) is 0 Å². The predicted octanol–water partition coefficient (Wildman–Crippen LogP) is 2.71.